The van der Waals surface area contributed by atoms with Crippen molar-refractivity contribution in [1.82, 2.24) is 0 Å². The Labute approximate surface area is 121 Å². The predicted octanol–water partition coefficient (Wildman–Crippen LogP) is 3.11. The molecule has 0 radical (unpaired) electrons. The molecule has 0 rings (SSSR count). The Morgan fingerprint density at radius 3 is 1.47 bits per heavy atom. The van der Waals surface area contributed by atoms with Crippen molar-refractivity contribution in [2.75, 3.05) is 39.6 Å². The van der Waals surface area contributed by atoms with Gasteiger partial charge in [0.1, 0.15) is 0 Å². The molecule has 0 heterocycles. The minimum absolute atomic E-state index is 0.643. The Balaban J connectivity index is 3.12. The van der Waals surface area contributed by atoms with Crippen LogP contribution in [0.1, 0.15) is 6.42 Å². The molecule has 0 saturated heterocycles. The van der Waals surface area contributed by atoms with Gasteiger partial charge in [-0.25, -0.2) is 0 Å². The van der Waals surface area contributed by atoms with Crippen LogP contribution >= 0.6 is 0 Å². The van der Waals surface area contributed by atoms with Gasteiger partial charge in [-0.3, -0.25) is 0 Å². The molecule has 0 amide bonds. The van der Waals surface area contributed by atoms with E-state index in [1.54, 1.807) is 0 Å². The van der Waals surface area contributed by atoms with E-state index in [1.807, 2.05) is 0 Å². The minimum atomic E-state index is -1.38. The third-order valence-electron chi connectivity index (χ3n) is 2.10. The van der Waals surface area contributed by atoms with Crippen LogP contribution in [0.25, 0.3) is 0 Å². The molecule has 0 aromatic carbocycles. The Bertz CT molecular complexity index is 190. The zero-order valence-electron chi connectivity index (χ0n) is 13.6. The van der Waals surface area contributed by atoms with Gasteiger partial charge < -0.3 is 18.3 Å². The SMILES string of the molecule is C[Si](C)(C)OCCCOCCOCCO[Si](C)(C)C. The van der Waals surface area contributed by atoms with Crippen LogP contribution in [0.2, 0.25) is 39.3 Å². The Kier molecular flexibility index (Phi) is 10.2. The van der Waals surface area contributed by atoms with Gasteiger partial charge in [0, 0.05) is 13.2 Å². The molecular formula is C13H32O4Si2. The van der Waals surface area contributed by atoms with Gasteiger partial charge in [-0.2, -0.15) is 0 Å². The van der Waals surface area contributed by atoms with Crippen LogP contribution in [0.3, 0.4) is 0 Å². The van der Waals surface area contributed by atoms with E-state index in [-0.39, 0.29) is 0 Å². The van der Waals surface area contributed by atoms with Gasteiger partial charge in [-0.15, -0.1) is 0 Å². The lowest BCUT2D eigenvalue weighted by molar-refractivity contribution is 0.0321. The molecule has 0 aromatic rings. The fourth-order valence-electron chi connectivity index (χ4n) is 1.27. The largest absolute Gasteiger partial charge is 0.418 e. The monoisotopic (exact) mass is 308 g/mol. The summed E-state index contributed by atoms with van der Waals surface area (Å²) < 4.78 is 22.3. The van der Waals surface area contributed by atoms with Gasteiger partial charge >= 0.3 is 0 Å². The lowest BCUT2D eigenvalue weighted by atomic mass is 10.5. The van der Waals surface area contributed by atoms with Crippen LogP contribution in [0.15, 0.2) is 0 Å². The molecule has 0 atom stereocenters. The van der Waals surface area contributed by atoms with E-state index >= 15 is 0 Å². The summed E-state index contributed by atoms with van der Waals surface area (Å²) in [6, 6.07) is 0. The first-order valence-electron chi connectivity index (χ1n) is 7.14. The summed E-state index contributed by atoms with van der Waals surface area (Å²) in [6.07, 6.45) is 0.961. The summed E-state index contributed by atoms with van der Waals surface area (Å²) >= 11 is 0. The van der Waals surface area contributed by atoms with Crippen molar-refractivity contribution in [2.24, 2.45) is 0 Å². The molecule has 0 unspecified atom stereocenters. The van der Waals surface area contributed by atoms with E-state index < -0.39 is 16.6 Å². The summed E-state index contributed by atoms with van der Waals surface area (Å²) in [7, 11) is -2.74. The molecule has 0 aromatic heterocycles. The van der Waals surface area contributed by atoms with Crippen LogP contribution in [0, 0.1) is 0 Å². The third kappa shape index (κ3) is 18.3. The molecule has 0 bridgehead atoms. The van der Waals surface area contributed by atoms with E-state index in [9.17, 15) is 0 Å². The molecule has 0 saturated carbocycles. The van der Waals surface area contributed by atoms with E-state index in [4.69, 9.17) is 18.3 Å². The average molecular weight is 309 g/mol. The molecule has 116 valence electrons. The van der Waals surface area contributed by atoms with Crippen LogP contribution in [0.5, 0.6) is 0 Å². The topological polar surface area (TPSA) is 36.9 Å². The second-order valence-electron chi connectivity index (χ2n) is 6.50. The first-order valence-corrected chi connectivity index (χ1v) is 14.0. The van der Waals surface area contributed by atoms with Gasteiger partial charge in [-0.05, 0) is 45.7 Å². The normalized spacial score (nSPS) is 12.9. The quantitative estimate of drug-likeness (QED) is 0.410. The fraction of sp³-hybridized carbons (Fsp3) is 1.00. The Morgan fingerprint density at radius 2 is 0.947 bits per heavy atom. The van der Waals surface area contributed by atoms with Crippen molar-refractivity contribution < 1.29 is 18.3 Å². The zero-order chi connectivity index (χ0) is 14.8. The van der Waals surface area contributed by atoms with Crippen molar-refractivity contribution in [2.45, 2.75) is 45.7 Å². The number of ether oxygens (including phenoxy) is 2. The van der Waals surface area contributed by atoms with E-state index in [1.165, 1.54) is 0 Å². The highest BCUT2D eigenvalue weighted by atomic mass is 28.4. The molecule has 19 heavy (non-hydrogen) atoms. The highest BCUT2D eigenvalue weighted by molar-refractivity contribution is 6.70. The first-order chi connectivity index (χ1) is 8.71. The maximum Gasteiger partial charge on any atom is 0.183 e. The molecule has 4 nitrogen and oxygen atoms in total. The summed E-state index contributed by atoms with van der Waals surface area (Å²) in [5.41, 5.74) is 0. The van der Waals surface area contributed by atoms with Crippen molar-refractivity contribution in [3.8, 4) is 0 Å². The molecule has 0 aliphatic rings. The van der Waals surface area contributed by atoms with Gasteiger partial charge in [0.15, 0.2) is 16.6 Å². The summed E-state index contributed by atoms with van der Waals surface area (Å²) in [5, 5.41) is 0. The predicted molar refractivity (Wildman–Crippen MR) is 84.9 cm³/mol. The van der Waals surface area contributed by atoms with Crippen LogP contribution in [-0.2, 0) is 18.3 Å². The highest BCUT2D eigenvalue weighted by Gasteiger charge is 2.13. The molecule has 0 spiro atoms. The molecular weight excluding hydrogens is 276 g/mol. The average Bonchev–Trinajstić information content (AvgIpc) is 2.22. The zero-order valence-corrected chi connectivity index (χ0v) is 15.6. The lowest BCUT2D eigenvalue weighted by Crippen LogP contribution is -2.27. The van der Waals surface area contributed by atoms with Crippen LogP contribution < -0.4 is 0 Å². The Morgan fingerprint density at radius 1 is 0.526 bits per heavy atom. The molecule has 0 aliphatic heterocycles. The third-order valence-corrected chi connectivity index (χ3v) is 4.24. The Hall–Kier alpha value is 0.274. The summed E-state index contributed by atoms with van der Waals surface area (Å²) in [5.74, 6) is 0. The van der Waals surface area contributed by atoms with Crippen molar-refractivity contribution in [3.63, 3.8) is 0 Å². The van der Waals surface area contributed by atoms with Gasteiger partial charge in [-0.1, -0.05) is 0 Å². The number of hydrogen-bond acceptors (Lipinski definition) is 4. The lowest BCUT2D eigenvalue weighted by Gasteiger charge is -2.17. The maximum atomic E-state index is 5.74. The van der Waals surface area contributed by atoms with Gasteiger partial charge in [0.05, 0.1) is 26.4 Å². The summed E-state index contributed by atoms with van der Waals surface area (Å²) in [4.78, 5) is 0. The van der Waals surface area contributed by atoms with Crippen LogP contribution in [-0.4, -0.2) is 56.3 Å². The molecule has 0 N–H and O–H groups in total. The van der Waals surface area contributed by atoms with E-state index in [0.717, 1.165) is 19.6 Å². The fourth-order valence-corrected chi connectivity index (χ4v) is 2.72. The number of hydrogen-bond donors (Lipinski definition) is 0. The van der Waals surface area contributed by atoms with Gasteiger partial charge in [0.25, 0.3) is 0 Å². The molecule has 0 fully saturated rings. The van der Waals surface area contributed by atoms with E-state index in [0.29, 0.717) is 26.4 Å². The first kappa shape index (κ1) is 19.3. The highest BCUT2D eigenvalue weighted by Crippen LogP contribution is 2.03. The number of rotatable bonds is 12. The maximum absolute atomic E-state index is 5.74. The minimum Gasteiger partial charge on any atom is -0.418 e. The smallest absolute Gasteiger partial charge is 0.183 e. The van der Waals surface area contributed by atoms with Crippen molar-refractivity contribution in [3.05, 3.63) is 0 Å². The van der Waals surface area contributed by atoms with Crippen molar-refractivity contribution >= 4 is 16.6 Å². The van der Waals surface area contributed by atoms with Crippen LogP contribution in [0.4, 0.5) is 0 Å². The summed E-state index contributed by atoms with van der Waals surface area (Å²) in [6.45, 7) is 17.3. The standard InChI is InChI=1S/C13H32O4Si2/c1-18(2,3)16-9-7-8-14-10-11-15-12-13-17-19(4,5)6/h7-13H2,1-6H3. The second-order valence-corrected chi connectivity index (χ2v) is 15.5. The second kappa shape index (κ2) is 10.1. The molecule has 0 aliphatic carbocycles. The van der Waals surface area contributed by atoms with E-state index in [2.05, 4.69) is 39.3 Å². The van der Waals surface area contributed by atoms with Gasteiger partial charge in [0.2, 0.25) is 0 Å². The van der Waals surface area contributed by atoms with Crippen molar-refractivity contribution in [1.29, 1.82) is 0 Å². The molecule has 6 heteroatoms.